The van der Waals surface area contributed by atoms with Crippen LogP contribution in [-0.2, 0) is 0 Å². The van der Waals surface area contributed by atoms with Crippen molar-refractivity contribution in [3.05, 3.63) is 65.7 Å². The molecule has 0 aliphatic carbocycles. The number of rotatable bonds is 4. The van der Waals surface area contributed by atoms with E-state index in [1.807, 2.05) is 49.4 Å². The summed E-state index contributed by atoms with van der Waals surface area (Å²) in [6, 6.07) is 14.9. The van der Waals surface area contributed by atoms with Gasteiger partial charge in [0.1, 0.15) is 0 Å². The predicted molar refractivity (Wildman–Crippen MR) is 88.6 cm³/mol. The largest absolute Gasteiger partial charge is 0.454 e. The SMILES string of the molecule is CC(C=Cc1ccccc1)=NNC(=O)c1ccc2c(c1)OCO2. The van der Waals surface area contributed by atoms with Gasteiger partial charge in [-0.3, -0.25) is 4.79 Å². The topological polar surface area (TPSA) is 59.9 Å². The second-order valence-electron chi connectivity index (χ2n) is 5.01. The van der Waals surface area contributed by atoms with E-state index in [4.69, 9.17) is 9.47 Å². The number of ether oxygens (including phenoxy) is 2. The highest BCUT2D eigenvalue weighted by molar-refractivity contribution is 5.99. The van der Waals surface area contributed by atoms with Gasteiger partial charge in [-0.25, -0.2) is 5.43 Å². The number of allylic oxidation sites excluding steroid dienone is 1. The molecule has 0 unspecified atom stereocenters. The van der Waals surface area contributed by atoms with Gasteiger partial charge in [0.2, 0.25) is 6.79 Å². The van der Waals surface area contributed by atoms with E-state index in [0.717, 1.165) is 5.56 Å². The van der Waals surface area contributed by atoms with E-state index in [1.54, 1.807) is 18.2 Å². The molecule has 0 saturated carbocycles. The van der Waals surface area contributed by atoms with Crippen LogP contribution in [0.5, 0.6) is 11.5 Å². The number of nitrogens with one attached hydrogen (secondary N) is 1. The van der Waals surface area contributed by atoms with Crippen LogP contribution in [-0.4, -0.2) is 18.4 Å². The maximum Gasteiger partial charge on any atom is 0.271 e. The summed E-state index contributed by atoms with van der Waals surface area (Å²) in [7, 11) is 0. The number of amides is 1. The summed E-state index contributed by atoms with van der Waals surface area (Å²) < 4.78 is 10.5. The van der Waals surface area contributed by atoms with Crippen LogP contribution in [0.4, 0.5) is 0 Å². The number of hydrogen-bond acceptors (Lipinski definition) is 4. The zero-order chi connectivity index (χ0) is 16.1. The molecule has 0 spiro atoms. The third-order valence-corrected chi connectivity index (χ3v) is 3.29. The van der Waals surface area contributed by atoms with Crippen LogP contribution in [0.15, 0.2) is 59.7 Å². The molecule has 2 aromatic rings. The van der Waals surface area contributed by atoms with Gasteiger partial charge in [-0.2, -0.15) is 5.10 Å². The van der Waals surface area contributed by atoms with Crippen molar-refractivity contribution in [1.82, 2.24) is 5.43 Å². The Morgan fingerprint density at radius 1 is 1.13 bits per heavy atom. The summed E-state index contributed by atoms with van der Waals surface area (Å²) in [6.45, 7) is 2.00. The molecular weight excluding hydrogens is 292 g/mol. The van der Waals surface area contributed by atoms with Gasteiger partial charge >= 0.3 is 0 Å². The molecule has 1 amide bonds. The number of benzene rings is 2. The Hall–Kier alpha value is -3.08. The summed E-state index contributed by atoms with van der Waals surface area (Å²) in [5.41, 5.74) is 4.77. The Balaban J connectivity index is 1.62. The maximum atomic E-state index is 12.1. The van der Waals surface area contributed by atoms with Gasteiger partial charge in [-0.1, -0.05) is 36.4 Å². The number of carbonyl (C=O) groups is 1. The Labute approximate surface area is 134 Å². The molecule has 0 aromatic heterocycles. The Bertz CT molecular complexity index is 767. The molecule has 1 N–H and O–H groups in total. The summed E-state index contributed by atoms with van der Waals surface area (Å²) in [5.74, 6) is 0.921. The molecule has 23 heavy (non-hydrogen) atoms. The molecule has 1 aliphatic rings. The Morgan fingerprint density at radius 3 is 2.74 bits per heavy atom. The minimum atomic E-state index is -0.296. The lowest BCUT2D eigenvalue weighted by molar-refractivity contribution is 0.0954. The van der Waals surface area contributed by atoms with Crippen LogP contribution in [0.1, 0.15) is 22.8 Å². The Kier molecular flexibility index (Phi) is 4.38. The Morgan fingerprint density at radius 2 is 1.91 bits per heavy atom. The van der Waals surface area contributed by atoms with Crippen molar-refractivity contribution in [2.45, 2.75) is 6.92 Å². The minimum absolute atomic E-state index is 0.182. The molecule has 2 aromatic carbocycles. The van der Waals surface area contributed by atoms with E-state index >= 15 is 0 Å². The number of carbonyl (C=O) groups excluding carboxylic acids is 1. The van der Waals surface area contributed by atoms with Gasteiger partial charge in [-0.15, -0.1) is 0 Å². The standard InChI is InChI=1S/C18H16N2O3/c1-13(7-8-14-5-3-2-4-6-14)19-20-18(21)15-9-10-16-17(11-15)23-12-22-16/h2-11H,12H2,1H3,(H,20,21). The van der Waals surface area contributed by atoms with Gasteiger partial charge in [0.25, 0.3) is 5.91 Å². The second-order valence-corrected chi connectivity index (χ2v) is 5.01. The lowest BCUT2D eigenvalue weighted by atomic mass is 10.2. The van der Waals surface area contributed by atoms with Crippen molar-refractivity contribution in [2.24, 2.45) is 5.10 Å². The zero-order valence-corrected chi connectivity index (χ0v) is 12.7. The number of hydrogen-bond donors (Lipinski definition) is 1. The molecule has 0 saturated heterocycles. The fourth-order valence-corrected chi connectivity index (χ4v) is 2.06. The summed E-state index contributed by atoms with van der Waals surface area (Å²) in [5, 5.41) is 4.07. The molecule has 0 radical (unpaired) electrons. The average molecular weight is 308 g/mol. The van der Waals surface area contributed by atoms with E-state index in [0.29, 0.717) is 22.8 Å². The first-order chi connectivity index (χ1) is 11.2. The van der Waals surface area contributed by atoms with Crippen molar-refractivity contribution in [3.63, 3.8) is 0 Å². The van der Waals surface area contributed by atoms with Gasteiger partial charge in [0.05, 0.1) is 5.71 Å². The quantitative estimate of drug-likeness (QED) is 0.697. The fourth-order valence-electron chi connectivity index (χ4n) is 2.06. The third-order valence-electron chi connectivity index (χ3n) is 3.29. The molecule has 3 rings (SSSR count). The van der Waals surface area contributed by atoms with Crippen molar-refractivity contribution >= 4 is 17.7 Å². The molecular formula is C18H16N2O3. The minimum Gasteiger partial charge on any atom is -0.454 e. The summed E-state index contributed by atoms with van der Waals surface area (Å²) >= 11 is 0. The molecule has 0 fully saturated rings. The molecule has 0 bridgehead atoms. The number of nitrogens with zero attached hydrogens (tertiary/aromatic N) is 1. The smallest absolute Gasteiger partial charge is 0.271 e. The average Bonchev–Trinajstić information content (AvgIpc) is 3.06. The van der Waals surface area contributed by atoms with Crippen molar-refractivity contribution in [1.29, 1.82) is 0 Å². The summed E-state index contributed by atoms with van der Waals surface area (Å²) in [4.78, 5) is 12.1. The van der Waals surface area contributed by atoms with Crippen LogP contribution in [0.3, 0.4) is 0 Å². The predicted octanol–water partition coefficient (Wildman–Crippen LogP) is 3.23. The van der Waals surface area contributed by atoms with Gasteiger partial charge < -0.3 is 9.47 Å². The van der Waals surface area contributed by atoms with Crippen molar-refractivity contribution in [3.8, 4) is 11.5 Å². The molecule has 5 nitrogen and oxygen atoms in total. The molecule has 1 heterocycles. The highest BCUT2D eigenvalue weighted by Crippen LogP contribution is 2.32. The van der Waals surface area contributed by atoms with Crippen LogP contribution in [0.2, 0.25) is 0 Å². The summed E-state index contributed by atoms with van der Waals surface area (Å²) in [6.07, 6.45) is 3.78. The fraction of sp³-hybridized carbons (Fsp3) is 0.111. The number of hydrazone groups is 1. The lowest BCUT2D eigenvalue weighted by Crippen LogP contribution is -2.18. The van der Waals surface area contributed by atoms with Crippen LogP contribution < -0.4 is 14.9 Å². The van der Waals surface area contributed by atoms with Gasteiger partial charge in [0, 0.05) is 5.56 Å². The van der Waals surface area contributed by atoms with Crippen LogP contribution in [0, 0.1) is 0 Å². The first kappa shape index (κ1) is 14.8. The van der Waals surface area contributed by atoms with Gasteiger partial charge in [0.15, 0.2) is 11.5 Å². The van der Waals surface area contributed by atoms with E-state index in [9.17, 15) is 4.79 Å². The third kappa shape index (κ3) is 3.77. The normalized spacial score (nSPS) is 13.3. The van der Waals surface area contributed by atoms with Crippen LogP contribution >= 0.6 is 0 Å². The highest BCUT2D eigenvalue weighted by Gasteiger charge is 2.15. The molecule has 0 atom stereocenters. The number of fused-ring (bicyclic) bond motifs is 1. The van der Waals surface area contributed by atoms with E-state index in [-0.39, 0.29) is 12.7 Å². The molecule has 5 heteroatoms. The first-order valence-corrected chi connectivity index (χ1v) is 7.20. The first-order valence-electron chi connectivity index (χ1n) is 7.20. The monoisotopic (exact) mass is 308 g/mol. The van der Waals surface area contributed by atoms with E-state index in [1.165, 1.54) is 0 Å². The van der Waals surface area contributed by atoms with Crippen LogP contribution in [0.25, 0.3) is 6.08 Å². The maximum absolute atomic E-state index is 12.1. The van der Waals surface area contributed by atoms with Crippen molar-refractivity contribution < 1.29 is 14.3 Å². The second kappa shape index (κ2) is 6.79. The molecule has 116 valence electrons. The zero-order valence-electron chi connectivity index (χ0n) is 12.7. The lowest BCUT2D eigenvalue weighted by Gasteiger charge is -2.02. The van der Waals surface area contributed by atoms with Gasteiger partial charge in [-0.05, 0) is 36.8 Å². The van der Waals surface area contributed by atoms with E-state index in [2.05, 4.69) is 10.5 Å². The highest BCUT2D eigenvalue weighted by atomic mass is 16.7. The van der Waals surface area contributed by atoms with E-state index < -0.39 is 0 Å². The molecule has 1 aliphatic heterocycles. The van der Waals surface area contributed by atoms with Crippen molar-refractivity contribution in [2.75, 3.05) is 6.79 Å².